The number of allylic oxidation sites excluding steroid dienone is 1. The van der Waals surface area contributed by atoms with Crippen molar-refractivity contribution in [3.8, 4) is 0 Å². The lowest BCUT2D eigenvalue weighted by Gasteiger charge is -2.24. The van der Waals surface area contributed by atoms with Gasteiger partial charge in [-0.3, -0.25) is 4.79 Å². The highest BCUT2D eigenvalue weighted by Gasteiger charge is 2.22. The molecule has 0 aliphatic heterocycles. The Hall–Kier alpha value is -1.62. The van der Waals surface area contributed by atoms with Gasteiger partial charge in [0.1, 0.15) is 0 Å². The van der Waals surface area contributed by atoms with Gasteiger partial charge in [-0.05, 0) is 24.3 Å². The van der Waals surface area contributed by atoms with Crippen LogP contribution in [0.4, 0.5) is 4.79 Å². The Morgan fingerprint density at radius 3 is 2.83 bits per heavy atom. The van der Waals surface area contributed by atoms with E-state index in [0.717, 1.165) is 0 Å². The van der Waals surface area contributed by atoms with Crippen LogP contribution in [-0.2, 0) is 0 Å². The Balaban J connectivity index is 2.68. The SMILES string of the molecule is C=CCCC(CC(=O)c1cccs1)N(C)C(=O)O. The molecule has 0 spiro atoms. The van der Waals surface area contributed by atoms with Gasteiger partial charge in [-0.2, -0.15) is 0 Å². The number of carboxylic acid groups (broad SMARTS) is 1. The molecule has 1 rings (SSSR count). The zero-order chi connectivity index (χ0) is 13.5. The number of carbonyl (C=O) groups excluding carboxylic acids is 1. The first-order valence-corrected chi connectivity index (χ1v) is 6.57. The lowest BCUT2D eigenvalue weighted by molar-refractivity contribution is 0.0923. The molecule has 1 amide bonds. The minimum atomic E-state index is -1.01. The summed E-state index contributed by atoms with van der Waals surface area (Å²) in [6.45, 7) is 3.62. The van der Waals surface area contributed by atoms with Crippen molar-refractivity contribution in [2.45, 2.75) is 25.3 Å². The monoisotopic (exact) mass is 267 g/mol. The van der Waals surface area contributed by atoms with Crippen molar-refractivity contribution in [2.24, 2.45) is 0 Å². The van der Waals surface area contributed by atoms with E-state index >= 15 is 0 Å². The number of carbonyl (C=O) groups is 2. The predicted octanol–water partition coefficient (Wildman–Crippen LogP) is 3.27. The maximum Gasteiger partial charge on any atom is 0.407 e. The lowest BCUT2D eigenvalue weighted by Crippen LogP contribution is -2.37. The summed E-state index contributed by atoms with van der Waals surface area (Å²) in [4.78, 5) is 24.8. The van der Waals surface area contributed by atoms with Crippen LogP contribution in [-0.4, -0.2) is 35.0 Å². The van der Waals surface area contributed by atoms with E-state index in [1.54, 1.807) is 12.1 Å². The van der Waals surface area contributed by atoms with Crippen LogP contribution in [0.5, 0.6) is 0 Å². The third kappa shape index (κ3) is 4.00. The molecule has 1 aromatic heterocycles. The zero-order valence-electron chi connectivity index (χ0n) is 10.3. The largest absolute Gasteiger partial charge is 0.465 e. The van der Waals surface area contributed by atoms with E-state index in [9.17, 15) is 9.59 Å². The fraction of sp³-hybridized carbons (Fsp3) is 0.385. The number of nitrogens with zero attached hydrogens (tertiary/aromatic N) is 1. The number of amides is 1. The van der Waals surface area contributed by atoms with Gasteiger partial charge in [-0.1, -0.05) is 12.1 Å². The third-order valence-electron chi connectivity index (χ3n) is 2.77. The molecule has 1 aromatic rings. The maximum absolute atomic E-state index is 12.0. The molecule has 1 heterocycles. The van der Waals surface area contributed by atoms with Crippen LogP contribution >= 0.6 is 11.3 Å². The summed E-state index contributed by atoms with van der Waals surface area (Å²) in [7, 11) is 1.50. The van der Waals surface area contributed by atoms with Gasteiger partial charge in [-0.15, -0.1) is 17.9 Å². The van der Waals surface area contributed by atoms with Gasteiger partial charge in [0, 0.05) is 19.5 Å². The molecule has 5 heteroatoms. The molecule has 1 atom stereocenters. The molecule has 0 aliphatic carbocycles. The predicted molar refractivity (Wildman–Crippen MR) is 72.3 cm³/mol. The first-order valence-electron chi connectivity index (χ1n) is 5.69. The first kappa shape index (κ1) is 14.4. The van der Waals surface area contributed by atoms with E-state index in [4.69, 9.17) is 5.11 Å². The van der Waals surface area contributed by atoms with Crippen molar-refractivity contribution < 1.29 is 14.7 Å². The number of rotatable bonds is 7. The topological polar surface area (TPSA) is 57.6 Å². The maximum atomic E-state index is 12.0. The molecule has 1 N–H and O–H groups in total. The molecule has 0 radical (unpaired) electrons. The van der Waals surface area contributed by atoms with Crippen molar-refractivity contribution in [3.05, 3.63) is 35.0 Å². The molecule has 0 aliphatic rings. The quantitative estimate of drug-likeness (QED) is 0.609. The van der Waals surface area contributed by atoms with E-state index in [0.29, 0.717) is 17.7 Å². The second-order valence-electron chi connectivity index (χ2n) is 4.02. The summed E-state index contributed by atoms with van der Waals surface area (Å²) in [6, 6.07) is 3.28. The van der Waals surface area contributed by atoms with Gasteiger partial charge in [0.05, 0.1) is 4.88 Å². The number of ketones is 1. The van der Waals surface area contributed by atoms with Crippen molar-refractivity contribution >= 4 is 23.2 Å². The molecule has 0 bridgehead atoms. The minimum Gasteiger partial charge on any atom is -0.465 e. The molecule has 4 nitrogen and oxygen atoms in total. The highest BCUT2D eigenvalue weighted by atomic mass is 32.1. The van der Waals surface area contributed by atoms with Crippen molar-refractivity contribution in [1.82, 2.24) is 4.90 Å². The van der Waals surface area contributed by atoms with Crippen LogP contribution < -0.4 is 0 Å². The van der Waals surface area contributed by atoms with E-state index in [1.807, 2.05) is 11.4 Å². The van der Waals surface area contributed by atoms with Gasteiger partial charge in [0.2, 0.25) is 0 Å². The Labute approximate surface area is 111 Å². The van der Waals surface area contributed by atoms with Crippen molar-refractivity contribution in [3.63, 3.8) is 0 Å². The molecule has 0 saturated heterocycles. The minimum absolute atomic E-state index is 0.00726. The molecular weight excluding hydrogens is 250 g/mol. The van der Waals surface area contributed by atoms with Crippen LogP contribution in [0.3, 0.4) is 0 Å². The van der Waals surface area contributed by atoms with Gasteiger partial charge in [0.25, 0.3) is 0 Å². The summed E-state index contributed by atoms with van der Waals surface area (Å²) in [5.74, 6) is -0.00726. The van der Waals surface area contributed by atoms with Crippen molar-refractivity contribution in [2.75, 3.05) is 7.05 Å². The summed E-state index contributed by atoms with van der Waals surface area (Å²) in [5.41, 5.74) is 0. The number of thiophene rings is 1. The van der Waals surface area contributed by atoms with E-state index in [1.165, 1.54) is 23.3 Å². The highest BCUT2D eigenvalue weighted by molar-refractivity contribution is 7.12. The van der Waals surface area contributed by atoms with Crippen LogP contribution in [0.1, 0.15) is 28.9 Å². The summed E-state index contributed by atoms with van der Waals surface area (Å²) in [6.07, 6.45) is 2.25. The lowest BCUT2D eigenvalue weighted by atomic mass is 10.0. The van der Waals surface area contributed by atoms with E-state index in [2.05, 4.69) is 6.58 Å². The summed E-state index contributed by atoms with van der Waals surface area (Å²) in [5, 5.41) is 10.8. The van der Waals surface area contributed by atoms with Gasteiger partial charge in [-0.25, -0.2) is 4.79 Å². The Morgan fingerprint density at radius 2 is 2.33 bits per heavy atom. The standard InChI is InChI=1S/C13H17NO3S/c1-3-4-6-10(14(2)13(16)17)9-11(15)12-7-5-8-18-12/h3,5,7-8,10H,1,4,6,9H2,2H3,(H,16,17). The van der Waals surface area contributed by atoms with Crippen LogP contribution in [0.25, 0.3) is 0 Å². The van der Waals surface area contributed by atoms with Gasteiger partial charge >= 0.3 is 6.09 Å². The molecule has 0 aromatic carbocycles. The highest BCUT2D eigenvalue weighted by Crippen LogP contribution is 2.17. The molecular formula is C13H17NO3S. The summed E-state index contributed by atoms with van der Waals surface area (Å²) >= 11 is 1.38. The first-order chi connectivity index (χ1) is 8.56. The number of hydrogen-bond donors (Lipinski definition) is 1. The van der Waals surface area contributed by atoms with Crippen LogP contribution in [0.2, 0.25) is 0 Å². The number of Topliss-reactive ketones (excluding diaryl/α,β-unsaturated/α-hetero) is 1. The fourth-order valence-corrected chi connectivity index (χ4v) is 2.33. The summed E-state index contributed by atoms with van der Waals surface area (Å²) < 4.78 is 0. The molecule has 18 heavy (non-hydrogen) atoms. The molecule has 98 valence electrons. The zero-order valence-corrected chi connectivity index (χ0v) is 11.2. The number of hydrogen-bond acceptors (Lipinski definition) is 3. The molecule has 0 saturated carbocycles. The average Bonchev–Trinajstić information content (AvgIpc) is 2.86. The Kier molecular flexibility index (Phi) is 5.58. The van der Waals surface area contributed by atoms with E-state index in [-0.39, 0.29) is 18.2 Å². The third-order valence-corrected chi connectivity index (χ3v) is 3.68. The van der Waals surface area contributed by atoms with Gasteiger partial charge < -0.3 is 10.0 Å². The van der Waals surface area contributed by atoms with E-state index < -0.39 is 6.09 Å². The van der Waals surface area contributed by atoms with Crippen LogP contribution in [0.15, 0.2) is 30.2 Å². The smallest absolute Gasteiger partial charge is 0.407 e. The fourth-order valence-electron chi connectivity index (χ4n) is 1.65. The molecule has 0 fully saturated rings. The van der Waals surface area contributed by atoms with Crippen molar-refractivity contribution in [1.29, 1.82) is 0 Å². The van der Waals surface area contributed by atoms with Crippen LogP contribution in [0, 0.1) is 0 Å². The average molecular weight is 267 g/mol. The second-order valence-corrected chi connectivity index (χ2v) is 4.97. The Morgan fingerprint density at radius 1 is 1.61 bits per heavy atom. The molecule has 1 unspecified atom stereocenters. The Bertz CT molecular complexity index is 414. The second kappa shape index (κ2) is 6.96. The van der Waals surface area contributed by atoms with Gasteiger partial charge in [0.15, 0.2) is 5.78 Å². The normalized spacial score (nSPS) is 11.8.